The van der Waals surface area contributed by atoms with Crippen molar-refractivity contribution in [2.45, 2.75) is 5.66 Å². The highest BCUT2D eigenvalue weighted by Gasteiger charge is 2.28. The summed E-state index contributed by atoms with van der Waals surface area (Å²) in [7, 11) is -4.15. The molecule has 4 nitrogen and oxygen atoms in total. The second kappa shape index (κ2) is 4.55. The van der Waals surface area contributed by atoms with Gasteiger partial charge in [-0.1, -0.05) is 28.1 Å². The van der Waals surface area contributed by atoms with Gasteiger partial charge in [0.15, 0.2) is 0 Å². The average molecular weight is 280 g/mol. The lowest BCUT2D eigenvalue weighted by Crippen LogP contribution is -2.12. The molecule has 4 N–H and O–H groups in total. The molecule has 0 aliphatic rings. The third-order valence-electron chi connectivity index (χ3n) is 1.88. The topological polar surface area (TPSA) is 83.6 Å². The van der Waals surface area contributed by atoms with E-state index >= 15 is 0 Å². The predicted molar refractivity (Wildman–Crippen MR) is 58.0 cm³/mol. The van der Waals surface area contributed by atoms with E-state index in [2.05, 4.69) is 15.9 Å². The molecule has 0 radical (unpaired) electrons. The van der Waals surface area contributed by atoms with Gasteiger partial charge in [-0.25, -0.2) is 0 Å². The molecule has 0 saturated heterocycles. The third-order valence-corrected chi connectivity index (χ3v) is 3.73. The van der Waals surface area contributed by atoms with Crippen LogP contribution in [0.1, 0.15) is 11.2 Å². The molecule has 0 heterocycles. The van der Waals surface area contributed by atoms with Gasteiger partial charge in [-0.15, -0.1) is 0 Å². The monoisotopic (exact) mass is 279 g/mol. The second-order valence-corrected chi connectivity index (χ2v) is 5.61. The second-order valence-electron chi connectivity index (χ2n) is 2.89. The number of hydrogen-bond donors (Lipinski definition) is 3. The van der Waals surface area contributed by atoms with E-state index in [9.17, 15) is 4.57 Å². The molecule has 0 aliphatic heterocycles. The van der Waals surface area contributed by atoms with Crippen molar-refractivity contribution in [2.75, 3.05) is 6.54 Å². The molecule has 0 aromatic heterocycles. The van der Waals surface area contributed by atoms with Crippen molar-refractivity contribution < 1.29 is 14.4 Å². The summed E-state index contributed by atoms with van der Waals surface area (Å²) >= 11 is 3.24. The first-order valence-electron chi connectivity index (χ1n) is 3.96. The van der Waals surface area contributed by atoms with Crippen molar-refractivity contribution in [1.29, 1.82) is 0 Å². The number of rotatable bonds is 3. The van der Waals surface area contributed by atoms with E-state index in [4.69, 9.17) is 15.5 Å². The van der Waals surface area contributed by atoms with Gasteiger partial charge >= 0.3 is 7.60 Å². The summed E-state index contributed by atoms with van der Waals surface area (Å²) < 4.78 is 11.9. The highest BCUT2D eigenvalue weighted by atomic mass is 79.9. The van der Waals surface area contributed by atoms with E-state index in [-0.39, 0.29) is 6.54 Å². The maximum absolute atomic E-state index is 11.1. The Hall–Kier alpha value is -0.190. The van der Waals surface area contributed by atoms with Crippen molar-refractivity contribution in [3.05, 3.63) is 34.3 Å². The van der Waals surface area contributed by atoms with Crippen LogP contribution in [0, 0.1) is 0 Å². The van der Waals surface area contributed by atoms with Crippen molar-refractivity contribution in [3.8, 4) is 0 Å². The maximum atomic E-state index is 11.1. The fraction of sp³-hybridized carbons (Fsp3) is 0.250. The molecule has 0 bridgehead atoms. The van der Waals surface area contributed by atoms with Gasteiger partial charge < -0.3 is 15.5 Å². The standard InChI is InChI=1S/C8H11BrNO3P/c9-7-3-1-6(2-4-7)8(5-10)14(11,12)13/h1-4,8H,5,10H2,(H2,11,12,13). The van der Waals surface area contributed by atoms with Crippen LogP contribution >= 0.6 is 23.5 Å². The number of benzene rings is 1. The maximum Gasteiger partial charge on any atom is 0.334 e. The minimum atomic E-state index is -4.15. The van der Waals surface area contributed by atoms with Crippen LogP contribution in [0.3, 0.4) is 0 Å². The molecule has 0 saturated carbocycles. The van der Waals surface area contributed by atoms with Crippen LogP contribution in [0.4, 0.5) is 0 Å². The highest BCUT2D eigenvalue weighted by Crippen LogP contribution is 2.51. The van der Waals surface area contributed by atoms with Crippen molar-refractivity contribution in [1.82, 2.24) is 0 Å². The Morgan fingerprint density at radius 1 is 1.36 bits per heavy atom. The lowest BCUT2D eigenvalue weighted by atomic mass is 10.1. The summed E-state index contributed by atoms with van der Waals surface area (Å²) in [5, 5.41) is 0. The van der Waals surface area contributed by atoms with E-state index in [0.717, 1.165) is 4.47 Å². The normalized spacial score (nSPS) is 14.0. The van der Waals surface area contributed by atoms with E-state index in [1.54, 1.807) is 24.3 Å². The molecule has 78 valence electrons. The largest absolute Gasteiger partial charge is 0.334 e. The van der Waals surface area contributed by atoms with Gasteiger partial charge in [-0.05, 0) is 17.7 Å². The van der Waals surface area contributed by atoms with Gasteiger partial charge in [0.25, 0.3) is 0 Å². The molecule has 1 aromatic carbocycles. The molecular formula is C8H11BrNO3P. The summed E-state index contributed by atoms with van der Waals surface area (Å²) in [6.07, 6.45) is 0. The molecule has 0 spiro atoms. The Bertz CT molecular complexity index is 348. The minimum Gasteiger partial charge on any atom is -0.329 e. The van der Waals surface area contributed by atoms with Crippen molar-refractivity contribution in [2.24, 2.45) is 5.73 Å². The van der Waals surface area contributed by atoms with Crippen LogP contribution in [0.5, 0.6) is 0 Å². The summed E-state index contributed by atoms with van der Waals surface area (Å²) in [6, 6.07) is 6.77. The van der Waals surface area contributed by atoms with Crippen LogP contribution in [-0.4, -0.2) is 16.3 Å². The Kier molecular flexibility index (Phi) is 3.86. The fourth-order valence-corrected chi connectivity index (χ4v) is 2.25. The molecule has 14 heavy (non-hydrogen) atoms. The quantitative estimate of drug-likeness (QED) is 0.735. The first kappa shape index (κ1) is 11.9. The van der Waals surface area contributed by atoms with E-state index in [1.807, 2.05) is 0 Å². The van der Waals surface area contributed by atoms with Crippen LogP contribution in [0.2, 0.25) is 0 Å². The van der Waals surface area contributed by atoms with E-state index in [1.165, 1.54) is 0 Å². The first-order valence-corrected chi connectivity index (χ1v) is 6.43. The van der Waals surface area contributed by atoms with Crippen molar-refractivity contribution in [3.63, 3.8) is 0 Å². The molecule has 0 fully saturated rings. The Labute approximate surface area is 90.4 Å². The molecule has 1 unspecified atom stereocenters. The number of halogens is 1. The molecular weight excluding hydrogens is 269 g/mol. The predicted octanol–water partition coefficient (Wildman–Crippen LogP) is 1.63. The van der Waals surface area contributed by atoms with Gasteiger partial charge in [-0.3, -0.25) is 4.57 Å². The zero-order chi connectivity index (χ0) is 10.8. The summed E-state index contributed by atoms with van der Waals surface area (Å²) in [5.74, 6) is 0. The Morgan fingerprint density at radius 2 is 1.86 bits per heavy atom. The van der Waals surface area contributed by atoms with Crippen LogP contribution in [-0.2, 0) is 4.57 Å². The smallest absolute Gasteiger partial charge is 0.329 e. The molecule has 1 rings (SSSR count). The number of nitrogens with two attached hydrogens (primary N) is 1. The van der Waals surface area contributed by atoms with Crippen LogP contribution in [0.25, 0.3) is 0 Å². The van der Waals surface area contributed by atoms with Crippen molar-refractivity contribution >= 4 is 23.5 Å². The summed E-state index contributed by atoms with van der Waals surface area (Å²) in [5.41, 5.74) is 4.98. The minimum absolute atomic E-state index is 0.0636. The van der Waals surface area contributed by atoms with Gasteiger partial charge in [0, 0.05) is 11.0 Å². The first-order chi connectivity index (χ1) is 6.45. The summed E-state index contributed by atoms with van der Waals surface area (Å²) in [4.78, 5) is 18.0. The Balaban J connectivity index is 3.02. The molecule has 1 atom stereocenters. The molecule has 6 heteroatoms. The van der Waals surface area contributed by atoms with Crippen LogP contribution < -0.4 is 5.73 Å². The summed E-state index contributed by atoms with van der Waals surface area (Å²) in [6.45, 7) is -0.0636. The van der Waals surface area contributed by atoms with E-state index in [0.29, 0.717) is 5.56 Å². The van der Waals surface area contributed by atoms with Gasteiger partial charge in [0.1, 0.15) is 0 Å². The Morgan fingerprint density at radius 3 is 2.21 bits per heavy atom. The fourth-order valence-electron chi connectivity index (χ4n) is 1.15. The van der Waals surface area contributed by atoms with E-state index < -0.39 is 13.3 Å². The highest BCUT2D eigenvalue weighted by molar-refractivity contribution is 9.10. The zero-order valence-corrected chi connectivity index (χ0v) is 9.78. The van der Waals surface area contributed by atoms with Gasteiger partial charge in [0.05, 0.1) is 5.66 Å². The SMILES string of the molecule is NCC(c1ccc(Br)cc1)P(=O)(O)O. The molecule has 1 aromatic rings. The third kappa shape index (κ3) is 2.90. The van der Waals surface area contributed by atoms with Gasteiger partial charge in [-0.2, -0.15) is 0 Å². The van der Waals surface area contributed by atoms with Gasteiger partial charge in [0.2, 0.25) is 0 Å². The van der Waals surface area contributed by atoms with Crippen LogP contribution in [0.15, 0.2) is 28.7 Å². The average Bonchev–Trinajstić information content (AvgIpc) is 2.07. The molecule has 0 aliphatic carbocycles. The zero-order valence-electron chi connectivity index (χ0n) is 7.30. The number of hydrogen-bond acceptors (Lipinski definition) is 2. The lowest BCUT2D eigenvalue weighted by Gasteiger charge is -2.16. The molecule has 0 amide bonds. The lowest BCUT2D eigenvalue weighted by molar-refractivity contribution is 0.359.